The third-order valence-electron chi connectivity index (χ3n) is 3.43. The Morgan fingerprint density at radius 3 is 2.25 bits per heavy atom. The molecule has 1 aromatic carbocycles. The van der Waals surface area contributed by atoms with Crippen LogP contribution in [-0.2, 0) is 6.54 Å². The fourth-order valence-corrected chi connectivity index (χ4v) is 2.78. The van der Waals surface area contributed by atoms with Crippen molar-refractivity contribution in [3.63, 3.8) is 0 Å². The number of hydrogen-bond donors (Lipinski definition) is 0. The second-order valence-corrected chi connectivity index (χ2v) is 5.58. The molecule has 0 N–H and O–H groups in total. The van der Waals surface area contributed by atoms with Crippen molar-refractivity contribution >= 4 is 11.6 Å². The van der Waals surface area contributed by atoms with E-state index in [1.165, 1.54) is 5.56 Å². The molecular formula is C14H20ClN. The molecule has 0 aromatic heterocycles. The van der Waals surface area contributed by atoms with Gasteiger partial charge in [-0.2, -0.15) is 0 Å². The monoisotopic (exact) mass is 237 g/mol. The van der Waals surface area contributed by atoms with Crippen LogP contribution < -0.4 is 0 Å². The van der Waals surface area contributed by atoms with Gasteiger partial charge in [0.25, 0.3) is 0 Å². The van der Waals surface area contributed by atoms with Crippen molar-refractivity contribution in [3.05, 3.63) is 35.9 Å². The van der Waals surface area contributed by atoms with Crippen molar-refractivity contribution in [2.45, 2.75) is 25.8 Å². The van der Waals surface area contributed by atoms with E-state index in [1.807, 2.05) is 0 Å². The first-order chi connectivity index (χ1) is 7.66. The molecule has 1 unspecified atom stereocenters. The van der Waals surface area contributed by atoms with E-state index in [0.717, 1.165) is 19.6 Å². The lowest BCUT2D eigenvalue weighted by atomic mass is 9.91. The molecule has 1 nitrogen and oxygen atoms in total. The van der Waals surface area contributed by atoms with Gasteiger partial charge in [-0.3, -0.25) is 4.90 Å². The maximum atomic E-state index is 6.36. The van der Waals surface area contributed by atoms with Gasteiger partial charge in [0.05, 0.1) is 0 Å². The molecule has 2 rings (SSSR count). The molecule has 0 amide bonds. The summed E-state index contributed by atoms with van der Waals surface area (Å²) in [6, 6.07) is 10.7. The number of hydrogen-bond acceptors (Lipinski definition) is 1. The maximum Gasteiger partial charge on any atom is 0.0411 e. The Bertz CT molecular complexity index is 313. The number of likely N-dealkylation sites (tertiary alicyclic amines) is 1. The number of nitrogens with zero attached hydrogens (tertiary/aromatic N) is 1. The zero-order valence-electron chi connectivity index (χ0n) is 10.1. The molecular weight excluding hydrogens is 218 g/mol. The van der Waals surface area contributed by atoms with Crippen LogP contribution in [0, 0.1) is 11.8 Å². The van der Waals surface area contributed by atoms with Crippen LogP contribution in [0.2, 0.25) is 0 Å². The van der Waals surface area contributed by atoms with Gasteiger partial charge in [-0.25, -0.2) is 0 Å². The molecule has 0 bridgehead atoms. The van der Waals surface area contributed by atoms with Crippen molar-refractivity contribution < 1.29 is 0 Å². The van der Waals surface area contributed by atoms with E-state index < -0.39 is 0 Å². The van der Waals surface area contributed by atoms with Gasteiger partial charge in [0, 0.05) is 25.0 Å². The SMILES string of the molecule is C[C@@H]1CN(Cc2ccccc2)C[C@H](C)C1Cl. The first-order valence-electron chi connectivity index (χ1n) is 6.07. The van der Waals surface area contributed by atoms with Crippen LogP contribution >= 0.6 is 11.6 Å². The highest BCUT2D eigenvalue weighted by molar-refractivity contribution is 6.21. The van der Waals surface area contributed by atoms with E-state index in [2.05, 4.69) is 49.1 Å². The summed E-state index contributed by atoms with van der Waals surface area (Å²) >= 11 is 6.36. The Labute approximate surface area is 103 Å². The van der Waals surface area contributed by atoms with Crippen LogP contribution in [0.1, 0.15) is 19.4 Å². The summed E-state index contributed by atoms with van der Waals surface area (Å²) in [6.45, 7) is 7.80. The molecule has 1 fully saturated rings. The van der Waals surface area contributed by atoms with Crippen molar-refractivity contribution in [1.29, 1.82) is 0 Å². The quantitative estimate of drug-likeness (QED) is 0.713. The van der Waals surface area contributed by atoms with Crippen LogP contribution in [0.3, 0.4) is 0 Å². The fraction of sp³-hybridized carbons (Fsp3) is 0.571. The highest BCUT2D eigenvalue weighted by Crippen LogP contribution is 2.27. The molecule has 0 spiro atoms. The number of alkyl halides is 1. The lowest BCUT2D eigenvalue weighted by Crippen LogP contribution is -2.44. The Hall–Kier alpha value is -0.530. The van der Waals surface area contributed by atoms with Gasteiger partial charge in [-0.1, -0.05) is 44.2 Å². The van der Waals surface area contributed by atoms with Gasteiger partial charge < -0.3 is 0 Å². The Morgan fingerprint density at radius 2 is 1.69 bits per heavy atom. The number of rotatable bonds is 2. The molecule has 1 heterocycles. The minimum absolute atomic E-state index is 0.340. The van der Waals surface area contributed by atoms with Crippen molar-refractivity contribution in [2.75, 3.05) is 13.1 Å². The van der Waals surface area contributed by atoms with Gasteiger partial charge in [-0.15, -0.1) is 11.6 Å². The zero-order chi connectivity index (χ0) is 11.5. The largest absolute Gasteiger partial charge is 0.298 e. The average Bonchev–Trinajstić information content (AvgIpc) is 2.27. The third kappa shape index (κ3) is 2.78. The van der Waals surface area contributed by atoms with E-state index in [1.54, 1.807) is 0 Å². The van der Waals surface area contributed by atoms with Crippen molar-refractivity contribution in [1.82, 2.24) is 4.90 Å². The molecule has 0 aliphatic carbocycles. The average molecular weight is 238 g/mol. The normalized spacial score (nSPS) is 31.6. The van der Waals surface area contributed by atoms with E-state index in [0.29, 0.717) is 17.2 Å². The smallest absolute Gasteiger partial charge is 0.0411 e. The van der Waals surface area contributed by atoms with Crippen LogP contribution in [0.4, 0.5) is 0 Å². The third-order valence-corrected chi connectivity index (χ3v) is 4.29. The van der Waals surface area contributed by atoms with E-state index >= 15 is 0 Å². The predicted octanol–water partition coefficient (Wildman–Crippen LogP) is 3.38. The zero-order valence-corrected chi connectivity index (χ0v) is 10.8. The summed E-state index contributed by atoms with van der Waals surface area (Å²) in [5, 5.41) is 0.340. The van der Waals surface area contributed by atoms with Gasteiger partial charge in [0.2, 0.25) is 0 Å². The molecule has 1 aliphatic heterocycles. The van der Waals surface area contributed by atoms with E-state index in [-0.39, 0.29) is 0 Å². The molecule has 1 aromatic rings. The molecule has 2 heteroatoms. The summed E-state index contributed by atoms with van der Waals surface area (Å²) in [7, 11) is 0. The molecule has 0 radical (unpaired) electrons. The molecule has 16 heavy (non-hydrogen) atoms. The lowest BCUT2D eigenvalue weighted by Gasteiger charge is -2.38. The van der Waals surface area contributed by atoms with Gasteiger partial charge in [-0.05, 0) is 17.4 Å². The van der Waals surface area contributed by atoms with Crippen LogP contribution in [-0.4, -0.2) is 23.4 Å². The molecule has 88 valence electrons. The highest BCUT2D eigenvalue weighted by atomic mass is 35.5. The Balaban J connectivity index is 1.97. The first-order valence-corrected chi connectivity index (χ1v) is 6.51. The topological polar surface area (TPSA) is 3.24 Å². The predicted molar refractivity (Wildman–Crippen MR) is 69.7 cm³/mol. The molecule has 0 saturated carbocycles. The number of piperidine rings is 1. The summed E-state index contributed by atoms with van der Waals surface area (Å²) < 4.78 is 0. The summed E-state index contributed by atoms with van der Waals surface area (Å²) in [5.74, 6) is 1.18. The Kier molecular flexibility index (Phi) is 3.88. The van der Waals surface area contributed by atoms with Gasteiger partial charge in [0.1, 0.15) is 0 Å². The number of halogens is 1. The molecule has 1 aliphatic rings. The van der Waals surface area contributed by atoms with E-state index in [9.17, 15) is 0 Å². The minimum Gasteiger partial charge on any atom is -0.298 e. The van der Waals surface area contributed by atoms with Gasteiger partial charge >= 0.3 is 0 Å². The van der Waals surface area contributed by atoms with Crippen molar-refractivity contribution in [2.24, 2.45) is 11.8 Å². The van der Waals surface area contributed by atoms with E-state index in [4.69, 9.17) is 11.6 Å². The second kappa shape index (κ2) is 5.20. The van der Waals surface area contributed by atoms with Crippen molar-refractivity contribution in [3.8, 4) is 0 Å². The molecule has 1 saturated heterocycles. The van der Waals surface area contributed by atoms with Crippen LogP contribution in [0.25, 0.3) is 0 Å². The maximum absolute atomic E-state index is 6.36. The van der Waals surface area contributed by atoms with Crippen LogP contribution in [0.15, 0.2) is 30.3 Å². The summed E-state index contributed by atoms with van der Waals surface area (Å²) in [5.41, 5.74) is 1.40. The second-order valence-electron chi connectivity index (χ2n) is 5.08. The first kappa shape index (κ1) is 11.9. The highest BCUT2D eigenvalue weighted by Gasteiger charge is 2.29. The summed E-state index contributed by atoms with van der Waals surface area (Å²) in [4.78, 5) is 2.52. The summed E-state index contributed by atoms with van der Waals surface area (Å²) in [6.07, 6.45) is 0. The minimum atomic E-state index is 0.340. The molecule has 3 atom stereocenters. The standard InChI is InChI=1S/C14H20ClN/c1-11-8-16(9-12(2)14(11)15)10-13-6-4-3-5-7-13/h3-7,11-12,14H,8-10H2,1-2H3/t11-,12+,14?. The Morgan fingerprint density at radius 1 is 1.12 bits per heavy atom. The van der Waals surface area contributed by atoms with Gasteiger partial charge in [0.15, 0.2) is 0 Å². The fourth-order valence-electron chi connectivity index (χ4n) is 2.62. The van der Waals surface area contributed by atoms with Crippen LogP contribution in [0.5, 0.6) is 0 Å². The number of benzene rings is 1. The lowest BCUT2D eigenvalue weighted by molar-refractivity contribution is 0.138.